The molecule has 1 saturated heterocycles. The first kappa shape index (κ1) is 21.2. The lowest BCUT2D eigenvalue weighted by Gasteiger charge is -2.23. The Bertz CT molecular complexity index is 939. The molecule has 0 bridgehead atoms. The third kappa shape index (κ3) is 4.10. The zero-order valence-electron chi connectivity index (χ0n) is 17.0. The number of Topliss-reactive ketones (excluding diaryl/α,β-unsaturated/α-hetero) is 1. The highest BCUT2D eigenvalue weighted by molar-refractivity contribution is 6.09. The highest BCUT2D eigenvalue weighted by atomic mass is 16.5. The maximum Gasteiger partial charge on any atom is 0.327 e. The fourth-order valence-corrected chi connectivity index (χ4v) is 3.50. The van der Waals surface area contributed by atoms with Gasteiger partial charge in [0, 0.05) is 11.1 Å². The average molecular weight is 408 g/mol. The van der Waals surface area contributed by atoms with Crippen molar-refractivity contribution >= 4 is 23.7 Å². The summed E-state index contributed by atoms with van der Waals surface area (Å²) < 4.78 is 5.48. The maximum absolute atomic E-state index is 13.0. The van der Waals surface area contributed by atoms with Gasteiger partial charge in [0.15, 0.2) is 6.10 Å². The zero-order valence-corrected chi connectivity index (χ0v) is 17.0. The van der Waals surface area contributed by atoms with Crippen LogP contribution in [0.4, 0.5) is 4.79 Å². The number of ether oxygens (including phenoxy) is 1. The number of nitrogens with one attached hydrogen (secondary N) is 1. The van der Waals surface area contributed by atoms with Crippen LogP contribution in [-0.2, 0) is 14.3 Å². The van der Waals surface area contributed by atoms with Gasteiger partial charge in [0.1, 0.15) is 12.1 Å². The first-order chi connectivity index (χ1) is 14.4. The van der Waals surface area contributed by atoms with Gasteiger partial charge in [-0.1, -0.05) is 74.5 Å². The topological polar surface area (TPSA) is 92.8 Å². The molecule has 0 aliphatic carbocycles. The number of ketones is 1. The number of nitrogens with zero attached hydrogens (tertiary/aromatic N) is 1. The van der Waals surface area contributed by atoms with E-state index in [-0.39, 0.29) is 5.78 Å². The van der Waals surface area contributed by atoms with Crippen LogP contribution in [0, 0.1) is 0 Å². The molecule has 1 fully saturated rings. The minimum atomic E-state index is -1.18. The quantitative estimate of drug-likeness (QED) is 0.411. The van der Waals surface area contributed by atoms with E-state index in [1.54, 1.807) is 74.5 Å². The van der Waals surface area contributed by atoms with E-state index >= 15 is 0 Å². The van der Waals surface area contributed by atoms with Crippen molar-refractivity contribution in [2.24, 2.45) is 0 Å². The van der Waals surface area contributed by atoms with E-state index in [2.05, 4.69) is 5.32 Å². The predicted octanol–water partition coefficient (Wildman–Crippen LogP) is 3.26. The smallest absolute Gasteiger partial charge is 0.327 e. The molecule has 0 unspecified atom stereocenters. The van der Waals surface area contributed by atoms with Crippen LogP contribution < -0.4 is 5.32 Å². The van der Waals surface area contributed by atoms with Crippen molar-refractivity contribution in [2.45, 2.75) is 38.3 Å². The summed E-state index contributed by atoms with van der Waals surface area (Å²) >= 11 is 0. The Labute approximate surface area is 175 Å². The molecule has 2 aromatic rings. The number of benzene rings is 2. The highest BCUT2D eigenvalue weighted by Crippen LogP contribution is 2.26. The van der Waals surface area contributed by atoms with E-state index in [4.69, 9.17) is 4.74 Å². The normalized spacial score (nSPS) is 16.1. The third-order valence-electron chi connectivity index (χ3n) is 5.39. The Morgan fingerprint density at radius 1 is 0.967 bits per heavy atom. The van der Waals surface area contributed by atoms with E-state index < -0.39 is 36.1 Å². The monoisotopic (exact) mass is 408 g/mol. The standard InChI is InChI=1S/C23H24N2O5/c1-3-23(4-2)21(28)25(22(29)24-23)15-18(26)30-20(17-13-9-6-10-14-17)19(27)16-11-7-5-8-12-16/h5-14,20H,3-4,15H2,1-2H3,(H,24,29)/t20-/m0/s1. The second kappa shape index (κ2) is 8.90. The summed E-state index contributed by atoms with van der Waals surface area (Å²) in [6.45, 7) is 3.04. The number of hydrogen-bond donors (Lipinski definition) is 1. The molecule has 1 N–H and O–H groups in total. The van der Waals surface area contributed by atoms with Gasteiger partial charge in [-0.25, -0.2) is 4.79 Å². The Morgan fingerprint density at radius 3 is 2.07 bits per heavy atom. The average Bonchev–Trinajstić information content (AvgIpc) is 3.02. The Morgan fingerprint density at radius 2 is 1.53 bits per heavy atom. The van der Waals surface area contributed by atoms with Crippen molar-refractivity contribution in [2.75, 3.05) is 6.54 Å². The van der Waals surface area contributed by atoms with Crippen LogP contribution in [0.5, 0.6) is 0 Å². The Kier molecular flexibility index (Phi) is 6.30. The first-order valence-corrected chi connectivity index (χ1v) is 9.89. The molecule has 0 saturated carbocycles. The summed E-state index contributed by atoms with van der Waals surface area (Å²) in [6.07, 6.45) is -0.346. The summed E-state index contributed by atoms with van der Waals surface area (Å²) in [4.78, 5) is 51.5. The molecule has 1 aliphatic heterocycles. The predicted molar refractivity (Wildman–Crippen MR) is 110 cm³/mol. The van der Waals surface area contributed by atoms with Crippen molar-refractivity contribution in [1.29, 1.82) is 0 Å². The van der Waals surface area contributed by atoms with E-state index in [0.717, 1.165) is 4.90 Å². The largest absolute Gasteiger partial charge is 0.448 e. The molecular weight excluding hydrogens is 384 g/mol. The van der Waals surface area contributed by atoms with Crippen LogP contribution in [0.1, 0.15) is 48.7 Å². The molecule has 3 amide bonds. The molecule has 1 atom stereocenters. The van der Waals surface area contributed by atoms with Gasteiger partial charge in [0.25, 0.3) is 5.91 Å². The van der Waals surface area contributed by atoms with Crippen LogP contribution >= 0.6 is 0 Å². The number of carbonyl (C=O) groups is 4. The van der Waals surface area contributed by atoms with Crippen LogP contribution in [0.3, 0.4) is 0 Å². The van der Waals surface area contributed by atoms with Crippen LogP contribution in [0.15, 0.2) is 60.7 Å². The SMILES string of the molecule is CCC1(CC)NC(=O)N(CC(=O)O[C@H](C(=O)c2ccccc2)c2ccccc2)C1=O. The van der Waals surface area contributed by atoms with Gasteiger partial charge in [0.05, 0.1) is 0 Å². The number of rotatable bonds is 8. The van der Waals surface area contributed by atoms with Crippen molar-refractivity contribution in [3.05, 3.63) is 71.8 Å². The lowest BCUT2D eigenvalue weighted by Crippen LogP contribution is -2.46. The van der Waals surface area contributed by atoms with Gasteiger partial charge in [-0.2, -0.15) is 0 Å². The van der Waals surface area contributed by atoms with Crippen LogP contribution in [0.25, 0.3) is 0 Å². The number of esters is 1. The van der Waals surface area contributed by atoms with E-state index in [0.29, 0.717) is 24.0 Å². The van der Waals surface area contributed by atoms with E-state index in [1.807, 2.05) is 0 Å². The van der Waals surface area contributed by atoms with E-state index in [9.17, 15) is 19.2 Å². The number of amides is 3. The Balaban J connectivity index is 1.80. The molecule has 156 valence electrons. The number of carbonyl (C=O) groups excluding carboxylic acids is 4. The van der Waals surface area contributed by atoms with Crippen LogP contribution in [-0.4, -0.2) is 40.7 Å². The van der Waals surface area contributed by atoms with Gasteiger partial charge in [-0.15, -0.1) is 0 Å². The minimum absolute atomic E-state index is 0.385. The number of hydrogen-bond acceptors (Lipinski definition) is 5. The zero-order chi connectivity index (χ0) is 21.7. The van der Waals surface area contributed by atoms with Crippen molar-refractivity contribution in [1.82, 2.24) is 10.2 Å². The third-order valence-corrected chi connectivity index (χ3v) is 5.39. The second-order valence-corrected chi connectivity index (χ2v) is 7.12. The van der Waals surface area contributed by atoms with Gasteiger partial charge in [0.2, 0.25) is 5.78 Å². The molecule has 7 nitrogen and oxygen atoms in total. The molecule has 0 spiro atoms. The van der Waals surface area contributed by atoms with Gasteiger partial charge >= 0.3 is 12.0 Å². The molecular formula is C23H24N2O5. The molecule has 2 aromatic carbocycles. The molecule has 0 aromatic heterocycles. The highest BCUT2D eigenvalue weighted by Gasteiger charge is 2.49. The summed E-state index contributed by atoms with van der Waals surface area (Å²) in [6, 6.07) is 16.5. The maximum atomic E-state index is 13.0. The molecule has 30 heavy (non-hydrogen) atoms. The van der Waals surface area contributed by atoms with Gasteiger partial charge < -0.3 is 10.1 Å². The first-order valence-electron chi connectivity index (χ1n) is 9.89. The van der Waals surface area contributed by atoms with E-state index in [1.165, 1.54) is 0 Å². The number of imide groups is 1. The number of urea groups is 1. The van der Waals surface area contributed by atoms with Crippen molar-refractivity contribution < 1.29 is 23.9 Å². The van der Waals surface area contributed by atoms with Crippen molar-refractivity contribution in [3.8, 4) is 0 Å². The summed E-state index contributed by atoms with van der Waals surface area (Å²) in [5.41, 5.74) is -0.103. The summed E-state index contributed by atoms with van der Waals surface area (Å²) in [5.74, 6) is -1.68. The molecule has 1 aliphatic rings. The molecule has 0 radical (unpaired) electrons. The van der Waals surface area contributed by atoms with Crippen molar-refractivity contribution in [3.63, 3.8) is 0 Å². The fraction of sp³-hybridized carbons (Fsp3) is 0.304. The summed E-state index contributed by atoms with van der Waals surface area (Å²) in [5, 5.41) is 2.67. The second-order valence-electron chi connectivity index (χ2n) is 7.12. The molecule has 3 rings (SSSR count). The summed E-state index contributed by atoms with van der Waals surface area (Å²) in [7, 11) is 0. The van der Waals surface area contributed by atoms with Gasteiger partial charge in [-0.3, -0.25) is 19.3 Å². The Hall–Kier alpha value is -3.48. The van der Waals surface area contributed by atoms with Crippen LogP contribution in [0.2, 0.25) is 0 Å². The molecule has 1 heterocycles. The lowest BCUT2D eigenvalue weighted by molar-refractivity contribution is -0.150. The fourth-order valence-electron chi connectivity index (χ4n) is 3.50. The van der Waals surface area contributed by atoms with Gasteiger partial charge in [-0.05, 0) is 12.8 Å². The lowest BCUT2D eigenvalue weighted by atomic mass is 9.93. The minimum Gasteiger partial charge on any atom is -0.448 e. The molecule has 7 heteroatoms.